The van der Waals surface area contributed by atoms with Crippen LogP contribution in [0, 0.1) is 17.8 Å². The van der Waals surface area contributed by atoms with E-state index in [0.717, 1.165) is 49.0 Å². The van der Waals surface area contributed by atoms with Crippen molar-refractivity contribution in [2.75, 3.05) is 13.1 Å². The van der Waals surface area contributed by atoms with Crippen LogP contribution in [0.1, 0.15) is 57.2 Å². The van der Waals surface area contributed by atoms with Gasteiger partial charge in [-0.05, 0) is 62.8 Å². The summed E-state index contributed by atoms with van der Waals surface area (Å²) >= 11 is 0. The largest absolute Gasteiger partial charge is 0.425 e. The SMILES string of the molecule is CCNCCc1nnc(C23CC4CC(CC(C4)C2)C3)o1. The van der Waals surface area contributed by atoms with Crippen LogP contribution in [0.3, 0.4) is 0 Å². The number of hydrogen-bond acceptors (Lipinski definition) is 4. The Kier molecular flexibility index (Phi) is 3.09. The minimum atomic E-state index is 0.248. The fourth-order valence-electron chi connectivity index (χ4n) is 5.31. The van der Waals surface area contributed by atoms with Gasteiger partial charge in [0, 0.05) is 18.4 Å². The summed E-state index contributed by atoms with van der Waals surface area (Å²) in [6.45, 7) is 4.05. The third-order valence-electron chi connectivity index (χ3n) is 5.72. The highest BCUT2D eigenvalue weighted by Gasteiger charge is 2.54. The standard InChI is InChI=1S/C16H25N3O/c1-2-17-4-3-14-18-19-15(20-14)16-8-11-5-12(9-16)7-13(6-11)10-16/h11-13,17H,2-10H2,1H3. The van der Waals surface area contributed by atoms with Crippen molar-refractivity contribution in [1.82, 2.24) is 15.5 Å². The molecule has 20 heavy (non-hydrogen) atoms. The van der Waals surface area contributed by atoms with E-state index >= 15 is 0 Å². The second kappa shape index (κ2) is 4.83. The number of aromatic nitrogens is 2. The fraction of sp³-hybridized carbons (Fsp3) is 0.875. The van der Waals surface area contributed by atoms with E-state index in [9.17, 15) is 0 Å². The Morgan fingerprint density at radius 1 is 1.10 bits per heavy atom. The molecule has 0 amide bonds. The molecule has 0 aromatic carbocycles. The van der Waals surface area contributed by atoms with E-state index in [1.165, 1.54) is 38.5 Å². The smallest absolute Gasteiger partial charge is 0.222 e. The molecule has 0 spiro atoms. The molecule has 0 atom stereocenters. The molecule has 4 saturated carbocycles. The number of nitrogens with zero attached hydrogens (tertiary/aromatic N) is 2. The van der Waals surface area contributed by atoms with E-state index in [2.05, 4.69) is 22.4 Å². The molecule has 4 fully saturated rings. The molecule has 1 aromatic rings. The molecule has 5 rings (SSSR count). The molecule has 0 saturated heterocycles. The average molecular weight is 275 g/mol. The molecule has 0 aliphatic heterocycles. The van der Waals surface area contributed by atoms with Gasteiger partial charge in [0.15, 0.2) is 0 Å². The first-order chi connectivity index (χ1) is 9.77. The molecule has 1 N–H and O–H groups in total. The second-order valence-corrected chi connectivity index (χ2v) is 7.30. The van der Waals surface area contributed by atoms with Crippen molar-refractivity contribution in [2.45, 2.75) is 57.3 Å². The molecule has 1 heterocycles. The molecule has 4 heteroatoms. The van der Waals surface area contributed by atoms with Crippen molar-refractivity contribution in [2.24, 2.45) is 17.8 Å². The Labute approximate surface area is 120 Å². The van der Waals surface area contributed by atoms with Crippen molar-refractivity contribution in [3.63, 3.8) is 0 Å². The monoisotopic (exact) mass is 275 g/mol. The first-order valence-electron chi connectivity index (χ1n) is 8.31. The van der Waals surface area contributed by atoms with Gasteiger partial charge in [0.25, 0.3) is 0 Å². The minimum absolute atomic E-state index is 0.248. The van der Waals surface area contributed by atoms with Crippen LogP contribution < -0.4 is 5.32 Å². The highest BCUT2D eigenvalue weighted by molar-refractivity contribution is 5.14. The molecule has 4 bridgehead atoms. The Hall–Kier alpha value is -0.900. The van der Waals surface area contributed by atoms with Gasteiger partial charge in [-0.1, -0.05) is 6.92 Å². The van der Waals surface area contributed by atoms with Gasteiger partial charge in [-0.2, -0.15) is 0 Å². The van der Waals surface area contributed by atoms with Gasteiger partial charge in [0.1, 0.15) is 0 Å². The first-order valence-corrected chi connectivity index (χ1v) is 8.31. The summed E-state index contributed by atoms with van der Waals surface area (Å²) in [4.78, 5) is 0. The van der Waals surface area contributed by atoms with Crippen LogP contribution in [0.5, 0.6) is 0 Å². The summed E-state index contributed by atoms with van der Waals surface area (Å²) in [6.07, 6.45) is 9.13. The third kappa shape index (κ3) is 2.09. The average Bonchev–Trinajstić information content (AvgIpc) is 2.87. The maximum Gasteiger partial charge on any atom is 0.222 e. The lowest BCUT2D eigenvalue weighted by Gasteiger charge is -2.55. The lowest BCUT2D eigenvalue weighted by molar-refractivity contribution is -0.0182. The van der Waals surface area contributed by atoms with Gasteiger partial charge < -0.3 is 9.73 Å². The molecule has 0 unspecified atom stereocenters. The van der Waals surface area contributed by atoms with Crippen molar-refractivity contribution >= 4 is 0 Å². The lowest BCUT2D eigenvalue weighted by atomic mass is 9.49. The highest BCUT2D eigenvalue weighted by atomic mass is 16.4. The van der Waals surface area contributed by atoms with Gasteiger partial charge in [-0.25, -0.2) is 0 Å². The van der Waals surface area contributed by atoms with E-state index < -0.39 is 0 Å². The zero-order chi connectivity index (χ0) is 13.6. The van der Waals surface area contributed by atoms with Gasteiger partial charge in [0.2, 0.25) is 11.8 Å². The quantitative estimate of drug-likeness (QED) is 0.839. The normalized spacial score (nSPS) is 38.5. The Morgan fingerprint density at radius 2 is 1.75 bits per heavy atom. The minimum Gasteiger partial charge on any atom is -0.425 e. The Balaban J connectivity index is 1.52. The number of rotatable bonds is 5. The Morgan fingerprint density at radius 3 is 2.35 bits per heavy atom. The summed E-state index contributed by atoms with van der Waals surface area (Å²) in [6, 6.07) is 0. The van der Waals surface area contributed by atoms with E-state index in [1.807, 2.05) is 0 Å². The van der Waals surface area contributed by atoms with Crippen molar-refractivity contribution in [3.05, 3.63) is 11.8 Å². The van der Waals surface area contributed by atoms with E-state index in [-0.39, 0.29) is 5.41 Å². The maximum atomic E-state index is 6.05. The van der Waals surface area contributed by atoms with Crippen molar-refractivity contribution < 1.29 is 4.42 Å². The van der Waals surface area contributed by atoms with Crippen LogP contribution in [0.15, 0.2) is 4.42 Å². The Bertz CT molecular complexity index is 447. The van der Waals surface area contributed by atoms with Crippen LogP contribution in [0.25, 0.3) is 0 Å². The third-order valence-corrected chi connectivity index (χ3v) is 5.72. The molecule has 110 valence electrons. The molecular weight excluding hydrogens is 250 g/mol. The number of likely N-dealkylation sites (N-methyl/N-ethyl adjacent to an activating group) is 1. The van der Waals surface area contributed by atoms with Gasteiger partial charge >= 0.3 is 0 Å². The van der Waals surface area contributed by atoms with E-state index in [1.54, 1.807) is 0 Å². The van der Waals surface area contributed by atoms with Crippen LogP contribution in [-0.2, 0) is 11.8 Å². The van der Waals surface area contributed by atoms with Gasteiger partial charge in [-0.3, -0.25) is 0 Å². The van der Waals surface area contributed by atoms with E-state index in [0.29, 0.717) is 0 Å². The number of nitrogens with one attached hydrogen (secondary N) is 1. The summed E-state index contributed by atoms with van der Waals surface area (Å²) < 4.78 is 6.05. The summed E-state index contributed by atoms with van der Waals surface area (Å²) in [5.41, 5.74) is 0.248. The first kappa shape index (κ1) is 12.8. The molecule has 4 aliphatic carbocycles. The van der Waals surface area contributed by atoms with Crippen molar-refractivity contribution in [3.8, 4) is 0 Å². The zero-order valence-corrected chi connectivity index (χ0v) is 12.4. The van der Waals surface area contributed by atoms with Crippen LogP contribution >= 0.6 is 0 Å². The topological polar surface area (TPSA) is 51.0 Å². The van der Waals surface area contributed by atoms with Crippen LogP contribution in [-0.4, -0.2) is 23.3 Å². The van der Waals surface area contributed by atoms with Gasteiger partial charge in [-0.15, -0.1) is 10.2 Å². The molecule has 1 aromatic heterocycles. The number of hydrogen-bond donors (Lipinski definition) is 1. The summed E-state index contributed by atoms with van der Waals surface area (Å²) in [5.74, 6) is 4.56. The zero-order valence-electron chi connectivity index (χ0n) is 12.4. The molecular formula is C16H25N3O. The highest BCUT2D eigenvalue weighted by Crippen LogP contribution is 2.60. The predicted molar refractivity (Wildman–Crippen MR) is 76.4 cm³/mol. The second-order valence-electron chi connectivity index (χ2n) is 7.30. The lowest BCUT2D eigenvalue weighted by Crippen LogP contribution is -2.48. The van der Waals surface area contributed by atoms with Gasteiger partial charge in [0.05, 0.1) is 0 Å². The van der Waals surface area contributed by atoms with Crippen LogP contribution in [0.4, 0.5) is 0 Å². The molecule has 4 nitrogen and oxygen atoms in total. The summed E-state index contributed by atoms with van der Waals surface area (Å²) in [7, 11) is 0. The molecule has 4 aliphatic rings. The fourth-order valence-corrected chi connectivity index (χ4v) is 5.31. The molecule has 0 radical (unpaired) electrons. The van der Waals surface area contributed by atoms with E-state index in [4.69, 9.17) is 4.42 Å². The van der Waals surface area contributed by atoms with Crippen molar-refractivity contribution in [1.29, 1.82) is 0 Å². The maximum absolute atomic E-state index is 6.05. The van der Waals surface area contributed by atoms with Crippen LogP contribution in [0.2, 0.25) is 0 Å². The summed E-state index contributed by atoms with van der Waals surface area (Å²) in [5, 5.41) is 12.0. The predicted octanol–water partition coefficient (Wildman–Crippen LogP) is 2.69.